The molecule has 142 valence electrons. The molecule has 1 aliphatic heterocycles. The van der Waals surface area contributed by atoms with Crippen LogP contribution in [0.5, 0.6) is 0 Å². The number of hydrogen-bond acceptors (Lipinski definition) is 4. The van der Waals surface area contributed by atoms with Crippen molar-refractivity contribution in [2.24, 2.45) is 15.9 Å². The molecule has 3 rings (SSSR count). The van der Waals surface area contributed by atoms with Crippen LogP contribution in [0.15, 0.2) is 28.2 Å². The van der Waals surface area contributed by atoms with E-state index in [4.69, 9.17) is 4.98 Å². The van der Waals surface area contributed by atoms with E-state index >= 15 is 0 Å². The van der Waals surface area contributed by atoms with Gasteiger partial charge in [-0.3, -0.25) is 4.79 Å². The molecule has 0 spiro atoms. The third-order valence-electron chi connectivity index (χ3n) is 5.17. The van der Waals surface area contributed by atoms with Gasteiger partial charge in [-0.1, -0.05) is 45.2 Å². The van der Waals surface area contributed by atoms with Crippen LogP contribution >= 0.6 is 0 Å². The Morgan fingerprint density at radius 2 is 1.85 bits per heavy atom. The van der Waals surface area contributed by atoms with Crippen molar-refractivity contribution in [2.45, 2.75) is 66.2 Å². The predicted molar refractivity (Wildman–Crippen MR) is 111 cm³/mol. The molecule has 0 saturated heterocycles. The van der Waals surface area contributed by atoms with Crippen LogP contribution in [-0.2, 0) is 17.6 Å². The molecule has 27 heavy (non-hydrogen) atoms. The van der Waals surface area contributed by atoms with E-state index in [1.807, 2.05) is 13.8 Å². The van der Waals surface area contributed by atoms with E-state index in [-0.39, 0.29) is 11.8 Å². The number of carbonyl (C=O) groups excluding carboxylic acids is 1. The Hall–Kier alpha value is -2.43. The number of aromatic nitrogens is 2. The van der Waals surface area contributed by atoms with Gasteiger partial charge in [0.05, 0.1) is 17.9 Å². The number of hydrogen-bond donors (Lipinski definition) is 0. The van der Waals surface area contributed by atoms with E-state index in [0.29, 0.717) is 18.1 Å². The van der Waals surface area contributed by atoms with Crippen molar-refractivity contribution in [1.29, 1.82) is 0 Å². The SMILES string of the molecule is CCCCCC1C(=O)N=C(Cc2nc(C)c3ccc(CC)cc3n2)N=C1C. The summed E-state index contributed by atoms with van der Waals surface area (Å²) in [6, 6.07) is 6.31. The molecule has 0 N–H and O–H groups in total. The van der Waals surface area contributed by atoms with Crippen LogP contribution in [0, 0.1) is 12.8 Å². The zero-order valence-electron chi connectivity index (χ0n) is 16.7. The van der Waals surface area contributed by atoms with Gasteiger partial charge in [-0.2, -0.15) is 4.99 Å². The number of rotatable bonds is 7. The second-order valence-electron chi connectivity index (χ2n) is 7.27. The summed E-state index contributed by atoms with van der Waals surface area (Å²) in [5.41, 5.74) is 4.00. The lowest BCUT2D eigenvalue weighted by Gasteiger charge is -2.18. The van der Waals surface area contributed by atoms with Crippen LogP contribution in [-0.4, -0.2) is 27.4 Å². The average Bonchev–Trinajstić information content (AvgIpc) is 2.63. The van der Waals surface area contributed by atoms with Crippen LogP contribution in [0.1, 0.15) is 63.5 Å². The summed E-state index contributed by atoms with van der Waals surface area (Å²) in [5, 5.41) is 1.06. The maximum atomic E-state index is 12.5. The van der Waals surface area contributed by atoms with Crippen LogP contribution in [0.3, 0.4) is 0 Å². The van der Waals surface area contributed by atoms with Crippen molar-refractivity contribution in [3.8, 4) is 0 Å². The maximum Gasteiger partial charge on any atom is 0.256 e. The number of carbonyl (C=O) groups is 1. The Bertz CT molecular complexity index is 914. The van der Waals surface area contributed by atoms with Gasteiger partial charge in [-0.25, -0.2) is 15.0 Å². The van der Waals surface area contributed by atoms with Gasteiger partial charge < -0.3 is 0 Å². The number of unbranched alkanes of at least 4 members (excludes halogenated alkanes) is 2. The van der Waals surface area contributed by atoms with E-state index in [9.17, 15) is 4.79 Å². The largest absolute Gasteiger partial charge is 0.272 e. The Morgan fingerprint density at radius 3 is 2.56 bits per heavy atom. The van der Waals surface area contributed by atoms with Gasteiger partial charge in [0.25, 0.3) is 5.91 Å². The van der Waals surface area contributed by atoms with E-state index in [2.05, 4.69) is 47.0 Å². The highest BCUT2D eigenvalue weighted by molar-refractivity contribution is 6.15. The second kappa shape index (κ2) is 8.51. The van der Waals surface area contributed by atoms with Gasteiger partial charge in [0.2, 0.25) is 0 Å². The van der Waals surface area contributed by atoms with Gasteiger partial charge in [-0.05, 0) is 38.3 Å². The molecule has 1 aromatic heterocycles. The number of fused-ring (bicyclic) bond motifs is 1. The van der Waals surface area contributed by atoms with Crippen molar-refractivity contribution in [2.75, 3.05) is 0 Å². The lowest BCUT2D eigenvalue weighted by Crippen LogP contribution is -2.27. The Balaban J connectivity index is 1.81. The molecular weight excluding hydrogens is 336 g/mol. The van der Waals surface area contributed by atoms with Crippen molar-refractivity contribution in [3.63, 3.8) is 0 Å². The van der Waals surface area contributed by atoms with Gasteiger partial charge in [0.1, 0.15) is 11.7 Å². The maximum absolute atomic E-state index is 12.5. The first kappa shape index (κ1) is 19.3. The summed E-state index contributed by atoms with van der Waals surface area (Å²) in [6.07, 6.45) is 5.51. The first-order chi connectivity index (χ1) is 13.0. The normalized spacial score (nSPS) is 17.2. The monoisotopic (exact) mass is 364 g/mol. The lowest BCUT2D eigenvalue weighted by atomic mass is 9.95. The molecule has 2 heterocycles. The summed E-state index contributed by atoms with van der Waals surface area (Å²) in [7, 11) is 0. The van der Waals surface area contributed by atoms with Gasteiger partial charge >= 0.3 is 0 Å². The highest BCUT2D eigenvalue weighted by atomic mass is 16.1. The van der Waals surface area contributed by atoms with Crippen LogP contribution in [0.2, 0.25) is 0 Å². The van der Waals surface area contributed by atoms with E-state index in [0.717, 1.165) is 54.4 Å². The summed E-state index contributed by atoms with van der Waals surface area (Å²) in [4.78, 5) is 30.6. The van der Waals surface area contributed by atoms with Gasteiger partial charge in [0, 0.05) is 16.8 Å². The van der Waals surface area contributed by atoms with E-state index in [1.165, 1.54) is 5.56 Å². The number of aliphatic imine (C=N–C) groups is 2. The minimum atomic E-state index is -0.160. The van der Waals surface area contributed by atoms with Crippen molar-refractivity contribution in [1.82, 2.24) is 9.97 Å². The summed E-state index contributed by atoms with van der Waals surface area (Å²) in [5.74, 6) is 0.960. The summed E-state index contributed by atoms with van der Waals surface area (Å²) in [6.45, 7) is 8.22. The molecule has 0 saturated carbocycles. The fourth-order valence-electron chi connectivity index (χ4n) is 3.53. The highest BCUT2D eigenvalue weighted by Gasteiger charge is 2.26. The van der Waals surface area contributed by atoms with Crippen LogP contribution in [0.4, 0.5) is 0 Å². The van der Waals surface area contributed by atoms with Crippen LogP contribution in [0.25, 0.3) is 10.9 Å². The van der Waals surface area contributed by atoms with Crippen molar-refractivity contribution >= 4 is 28.4 Å². The van der Waals surface area contributed by atoms with Crippen LogP contribution < -0.4 is 0 Å². The second-order valence-corrected chi connectivity index (χ2v) is 7.27. The highest BCUT2D eigenvalue weighted by Crippen LogP contribution is 2.20. The molecule has 0 aliphatic carbocycles. The topological polar surface area (TPSA) is 67.6 Å². The lowest BCUT2D eigenvalue weighted by molar-refractivity contribution is -0.119. The summed E-state index contributed by atoms with van der Waals surface area (Å²) >= 11 is 0. The minimum absolute atomic E-state index is 0.0700. The fourth-order valence-corrected chi connectivity index (χ4v) is 3.53. The molecular formula is C22H28N4O. The number of aryl methyl sites for hydroxylation is 2. The minimum Gasteiger partial charge on any atom is -0.272 e. The molecule has 0 bridgehead atoms. The molecule has 2 aromatic rings. The first-order valence-corrected chi connectivity index (χ1v) is 9.94. The quantitative estimate of drug-likeness (QED) is 0.672. The average molecular weight is 364 g/mol. The smallest absolute Gasteiger partial charge is 0.256 e. The zero-order valence-corrected chi connectivity index (χ0v) is 16.7. The van der Waals surface area contributed by atoms with Gasteiger partial charge in [0.15, 0.2) is 0 Å². The van der Waals surface area contributed by atoms with E-state index in [1.54, 1.807) is 0 Å². The third-order valence-corrected chi connectivity index (χ3v) is 5.17. The Kier molecular flexibility index (Phi) is 6.09. The van der Waals surface area contributed by atoms with Crippen molar-refractivity contribution < 1.29 is 4.79 Å². The standard InChI is InChI=1S/C22H28N4O/c1-5-7-8-9-18-15(4)24-21(26-22(18)27)13-20-23-14(3)17-11-10-16(6-2)12-19(17)25-20/h10-12,18H,5-9,13H2,1-4H3. The molecule has 0 radical (unpaired) electrons. The molecule has 1 amide bonds. The van der Waals surface area contributed by atoms with Gasteiger partial charge in [-0.15, -0.1) is 0 Å². The van der Waals surface area contributed by atoms with E-state index < -0.39 is 0 Å². The zero-order chi connectivity index (χ0) is 19.4. The van der Waals surface area contributed by atoms with Crippen molar-refractivity contribution in [3.05, 3.63) is 35.3 Å². The number of benzene rings is 1. The third kappa shape index (κ3) is 4.46. The molecule has 1 unspecified atom stereocenters. The number of nitrogens with zero attached hydrogens (tertiary/aromatic N) is 4. The Morgan fingerprint density at radius 1 is 1.04 bits per heavy atom. The summed E-state index contributed by atoms with van der Waals surface area (Å²) < 4.78 is 0. The first-order valence-electron chi connectivity index (χ1n) is 9.94. The molecule has 0 fully saturated rings. The Labute approximate surface area is 161 Å². The molecule has 1 aromatic carbocycles. The fraction of sp³-hybridized carbons (Fsp3) is 0.500. The predicted octanol–water partition coefficient (Wildman–Crippen LogP) is 4.64. The molecule has 5 nitrogen and oxygen atoms in total. The number of amides is 1. The molecule has 5 heteroatoms. The molecule has 1 atom stereocenters. The number of amidine groups is 1. The molecule has 1 aliphatic rings.